The smallest absolute Gasteiger partial charge is 0.340 e. The third kappa shape index (κ3) is 5.42. The average molecular weight is 282 g/mol. The second-order valence-corrected chi connectivity index (χ2v) is 5.53. The zero-order chi connectivity index (χ0) is 14.3. The SMILES string of the molecule is CCCCCC=C(C(=O)OC(C)C)c1csc(N)n1. The molecule has 106 valence electrons. The molecular formula is C14H22N2O2S. The lowest BCUT2D eigenvalue weighted by molar-refractivity contribution is -0.140. The third-order valence-electron chi connectivity index (χ3n) is 2.52. The van der Waals surface area contributed by atoms with Crippen LogP contribution in [0.2, 0.25) is 0 Å². The average Bonchev–Trinajstić information content (AvgIpc) is 2.74. The highest BCUT2D eigenvalue weighted by Crippen LogP contribution is 2.22. The lowest BCUT2D eigenvalue weighted by Crippen LogP contribution is -2.13. The zero-order valence-corrected chi connectivity index (χ0v) is 12.6. The number of nitrogens with zero attached hydrogens (tertiary/aromatic N) is 1. The van der Waals surface area contributed by atoms with E-state index < -0.39 is 0 Å². The van der Waals surface area contributed by atoms with Crippen molar-refractivity contribution in [1.82, 2.24) is 4.98 Å². The second-order valence-electron chi connectivity index (χ2n) is 4.64. The number of carbonyl (C=O) groups excluding carboxylic acids is 1. The summed E-state index contributed by atoms with van der Waals surface area (Å²) in [4.78, 5) is 16.2. The summed E-state index contributed by atoms with van der Waals surface area (Å²) in [5.41, 5.74) is 6.76. The molecule has 1 aromatic heterocycles. The lowest BCUT2D eigenvalue weighted by Gasteiger charge is -2.09. The number of nitrogen functional groups attached to an aromatic ring is 1. The van der Waals surface area contributed by atoms with Gasteiger partial charge in [-0.15, -0.1) is 11.3 Å². The number of rotatable bonds is 7. The molecule has 5 heteroatoms. The summed E-state index contributed by atoms with van der Waals surface area (Å²) in [6.07, 6.45) is 6.01. The minimum atomic E-state index is -0.322. The number of hydrogen-bond donors (Lipinski definition) is 1. The molecular weight excluding hydrogens is 260 g/mol. The number of nitrogens with two attached hydrogens (primary N) is 1. The quantitative estimate of drug-likeness (QED) is 0.471. The first-order chi connectivity index (χ1) is 9.04. The summed E-state index contributed by atoms with van der Waals surface area (Å²) >= 11 is 1.33. The molecule has 0 saturated carbocycles. The Morgan fingerprint density at radius 2 is 2.26 bits per heavy atom. The Balaban J connectivity index is 2.81. The Bertz CT molecular complexity index is 438. The number of carbonyl (C=O) groups is 1. The summed E-state index contributed by atoms with van der Waals surface area (Å²) in [5, 5.41) is 2.26. The van der Waals surface area contributed by atoms with Crippen molar-refractivity contribution in [2.45, 2.75) is 52.6 Å². The maximum Gasteiger partial charge on any atom is 0.340 e. The van der Waals surface area contributed by atoms with E-state index in [1.165, 1.54) is 11.3 Å². The predicted octanol–water partition coefficient (Wildman–Crippen LogP) is 3.64. The van der Waals surface area contributed by atoms with E-state index in [4.69, 9.17) is 10.5 Å². The molecule has 0 aromatic carbocycles. The maximum absolute atomic E-state index is 12.1. The van der Waals surface area contributed by atoms with Gasteiger partial charge in [-0.25, -0.2) is 9.78 Å². The van der Waals surface area contributed by atoms with Gasteiger partial charge in [-0.1, -0.05) is 25.8 Å². The molecule has 0 aliphatic carbocycles. The van der Waals surface area contributed by atoms with Crippen molar-refractivity contribution in [2.24, 2.45) is 0 Å². The maximum atomic E-state index is 12.1. The molecule has 0 aliphatic heterocycles. The van der Waals surface area contributed by atoms with Crippen LogP contribution < -0.4 is 5.73 Å². The van der Waals surface area contributed by atoms with E-state index in [-0.39, 0.29) is 12.1 Å². The van der Waals surface area contributed by atoms with Gasteiger partial charge in [-0.3, -0.25) is 0 Å². The number of ether oxygens (including phenoxy) is 1. The van der Waals surface area contributed by atoms with Gasteiger partial charge in [-0.2, -0.15) is 0 Å². The van der Waals surface area contributed by atoms with Crippen LogP contribution in [0.25, 0.3) is 5.57 Å². The number of thiazole rings is 1. The summed E-state index contributed by atoms with van der Waals surface area (Å²) in [6.45, 7) is 5.82. The van der Waals surface area contributed by atoms with Gasteiger partial charge in [0.2, 0.25) is 0 Å². The van der Waals surface area contributed by atoms with Gasteiger partial charge >= 0.3 is 5.97 Å². The van der Waals surface area contributed by atoms with Gasteiger partial charge in [0.15, 0.2) is 5.13 Å². The number of hydrogen-bond acceptors (Lipinski definition) is 5. The number of anilines is 1. The fraction of sp³-hybridized carbons (Fsp3) is 0.571. The van der Waals surface area contributed by atoms with Gasteiger partial charge in [0, 0.05) is 5.38 Å². The topological polar surface area (TPSA) is 65.2 Å². The largest absolute Gasteiger partial charge is 0.459 e. The molecule has 4 nitrogen and oxygen atoms in total. The number of allylic oxidation sites excluding steroid dienone is 1. The molecule has 1 heterocycles. The van der Waals surface area contributed by atoms with Crippen LogP contribution in [0.5, 0.6) is 0 Å². The van der Waals surface area contributed by atoms with Gasteiger partial charge in [0.1, 0.15) is 0 Å². The van der Waals surface area contributed by atoms with E-state index in [1.54, 1.807) is 5.38 Å². The van der Waals surface area contributed by atoms with Crippen LogP contribution in [0, 0.1) is 0 Å². The molecule has 0 unspecified atom stereocenters. The summed E-state index contributed by atoms with van der Waals surface area (Å²) in [7, 11) is 0. The van der Waals surface area contributed by atoms with Crippen LogP contribution in [-0.4, -0.2) is 17.1 Å². The van der Waals surface area contributed by atoms with Gasteiger partial charge in [-0.05, 0) is 26.7 Å². The van der Waals surface area contributed by atoms with Crippen LogP contribution in [0.4, 0.5) is 5.13 Å². The number of aromatic nitrogens is 1. The summed E-state index contributed by atoms with van der Waals surface area (Å²) in [5.74, 6) is -0.322. The highest BCUT2D eigenvalue weighted by atomic mass is 32.1. The van der Waals surface area contributed by atoms with Crippen LogP contribution in [0.1, 0.15) is 52.1 Å². The molecule has 0 bridgehead atoms. The van der Waals surface area contributed by atoms with Crippen molar-refractivity contribution in [1.29, 1.82) is 0 Å². The van der Waals surface area contributed by atoms with Crippen molar-refractivity contribution >= 4 is 28.0 Å². The van der Waals surface area contributed by atoms with Crippen LogP contribution in [0.3, 0.4) is 0 Å². The zero-order valence-electron chi connectivity index (χ0n) is 11.8. The van der Waals surface area contributed by atoms with Gasteiger partial charge in [0.05, 0.1) is 17.4 Å². The van der Waals surface area contributed by atoms with E-state index in [1.807, 2.05) is 19.9 Å². The molecule has 1 aromatic rings. The van der Waals surface area contributed by atoms with E-state index in [0.29, 0.717) is 16.4 Å². The first-order valence-corrected chi connectivity index (χ1v) is 7.55. The van der Waals surface area contributed by atoms with Crippen molar-refractivity contribution < 1.29 is 9.53 Å². The van der Waals surface area contributed by atoms with Gasteiger partial charge < -0.3 is 10.5 Å². The Labute approximate surface area is 118 Å². The summed E-state index contributed by atoms with van der Waals surface area (Å²) in [6, 6.07) is 0. The highest BCUT2D eigenvalue weighted by molar-refractivity contribution is 7.13. The minimum absolute atomic E-state index is 0.137. The molecule has 0 saturated heterocycles. The van der Waals surface area contributed by atoms with Crippen LogP contribution in [0.15, 0.2) is 11.5 Å². The molecule has 0 atom stereocenters. The normalized spacial score (nSPS) is 11.9. The molecule has 0 aliphatic rings. The van der Waals surface area contributed by atoms with Crippen LogP contribution in [-0.2, 0) is 9.53 Å². The summed E-state index contributed by atoms with van der Waals surface area (Å²) < 4.78 is 5.25. The first kappa shape index (κ1) is 15.7. The van der Waals surface area contributed by atoms with E-state index in [0.717, 1.165) is 25.7 Å². The highest BCUT2D eigenvalue weighted by Gasteiger charge is 2.17. The van der Waals surface area contributed by atoms with Gasteiger partial charge in [0.25, 0.3) is 0 Å². The number of esters is 1. The molecule has 1 rings (SSSR count). The van der Waals surface area contributed by atoms with Crippen molar-refractivity contribution in [3.05, 3.63) is 17.2 Å². The molecule has 0 spiro atoms. The van der Waals surface area contributed by atoms with Crippen LogP contribution >= 0.6 is 11.3 Å². The van der Waals surface area contributed by atoms with E-state index >= 15 is 0 Å². The molecule has 0 fully saturated rings. The minimum Gasteiger partial charge on any atom is -0.459 e. The molecule has 19 heavy (non-hydrogen) atoms. The molecule has 2 N–H and O–H groups in total. The Morgan fingerprint density at radius 1 is 1.53 bits per heavy atom. The van der Waals surface area contributed by atoms with Crippen molar-refractivity contribution in [3.8, 4) is 0 Å². The lowest BCUT2D eigenvalue weighted by atomic mass is 10.1. The standard InChI is InChI=1S/C14H22N2O2S/c1-4-5-6-7-8-11(13(17)18-10(2)3)12-9-19-14(15)16-12/h8-10H,4-7H2,1-3H3,(H2,15,16). The number of unbranched alkanes of at least 4 members (excludes halogenated alkanes) is 3. The van der Waals surface area contributed by atoms with E-state index in [2.05, 4.69) is 11.9 Å². The Kier molecular flexibility index (Phi) is 6.56. The molecule has 0 amide bonds. The Hall–Kier alpha value is -1.36. The van der Waals surface area contributed by atoms with E-state index in [9.17, 15) is 4.79 Å². The molecule has 0 radical (unpaired) electrons. The monoisotopic (exact) mass is 282 g/mol. The van der Waals surface area contributed by atoms with Crippen molar-refractivity contribution in [2.75, 3.05) is 5.73 Å². The third-order valence-corrected chi connectivity index (χ3v) is 3.19. The predicted molar refractivity (Wildman–Crippen MR) is 79.9 cm³/mol. The second kappa shape index (κ2) is 7.94. The fourth-order valence-corrected chi connectivity index (χ4v) is 2.19. The fourth-order valence-electron chi connectivity index (χ4n) is 1.62. The Morgan fingerprint density at radius 3 is 2.79 bits per heavy atom. The first-order valence-electron chi connectivity index (χ1n) is 6.67. The van der Waals surface area contributed by atoms with Crippen molar-refractivity contribution in [3.63, 3.8) is 0 Å².